The number of hydrogen-bond acceptors (Lipinski definition) is 2. The van der Waals surface area contributed by atoms with Crippen molar-refractivity contribution < 1.29 is 9.90 Å². The van der Waals surface area contributed by atoms with Crippen LogP contribution in [0.5, 0.6) is 0 Å². The van der Waals surface area contributed by atoms with E-state index >= 15 is 0 Å². The average molecular weight is 208 g/mol. The number of aliphatic hydroxyl groups is 1. The molecule has 0 aliphatic rings. The highest BCUT2D eigenvalue weighted by Gasteiger charge is 2.08. The highest BCUT2D eigenvalue weighted by atomic mass is 35.5. The monoisotopic (exact) mass is 207 g/mol. The summed E-state index contributed by atoms with van der Waals surface area (Å²) in [6, 6.07) is 0. The molecule has 0 spiro atoms. The number of hydrogen-bond donors (Lipinski definition) is 1. The summed E-state index contributed by atoms with van der Waals surface area (Å²) in [5.74, 6) is 0.622. The maximum atomic E-state index is 11.3. The van der Waals surface area contributed by atoms with Gasteiger partial charge in [0, 0.05) is 25.9 Å². The van der Waals surface area contributed by atoms with Gasteiger partial charge in [0.05, 0.1) is 6.10 Å². The standard InChI is InChI=1S/C9H18ClNO2/c1-8(12)5-7-11(2)9(13)4-3-6-10/h8,12H,3-7H2,1-2H3. The Kier molecular flexibility index (Phi) is 7.00. The molecule has 1 amide bonds. The second kappa shape index (κ2) is 7.15. The van der Waals surface area contributed by atoms with Crippen molar-refractivity contribution in [3.63, 3.8) is 0 Å². The SMILES string of the molecule is CC(O)CCN(C)C(=O)CCCCl. The van der Waals surface area contributed by atoms with Crippen molar-refractivity contribution in [3.8, 4) is 0 Å². The number of halogens is 1. The average Bonchev–Trinajstić information content (AvgIpc) is 2.10. The van der Waals surface area contributed by atoms with Gasteiger partial charge in [0.15, 0.2) is 0 Å². The van der Waals surface area contributed by atoms with Crippen molar-refractivity contribution in [1.29, 1.82) is 0 Å². The molecule has 0 saturated carbocycles. The Morgan fingerprint density at radius 2 is 2.23 bits per heavy atom. The van der Waals surface area contributed by atoms with Crippen molar-refractivity contribution >= 4 is 17.5 Å². The molecule has 0 aromatic heterocycles. The summed E-state index contributed by atoms with van der Waals surface area (Å²) in [5, 5.41) is 9.00. The number of aliphatic hydroxyl groups excluding tert-OH is 1. The van der Waals surface area contributed by atoms with Gasteiger partial charge in [0.25, 0.3) is 0 Å². The molecule has 0 aromatic rings. The molecule has 1 unspecified atom stereocenters. The van der Waals surface area contributed by atoms with Crippen LogP contribution in [0.15, 0.2) is 0 Å². The number of carbonyl (C=O) groups excluding carboxylic acids is 1. The molecule has 0 aliphatic carbocycles. The van der Waals surface area contributed by atoms with Gasteiger partial charge in [0.2, 0.25) is 5.91 Å². The number of rotatable bonds is 6. The highest BCUT2D eigenvalue weighted by molar-refractivity contribution is 6.17. The fraction of sp³-hybridized carbons (Fsp3) is 0.889. The molecule has 0 bridgehead atoms. The Balaban J connectivity index is 3.57. The van der Waals surface area contributed by atoms with Crippen molar-refractivity contribution in [2.24, 2.45) is 0 Å². The third kappa shape index (κ3) is 6.84. The molecule has 13 heavy (non-hydrogen) atoms. The van der Waals surface area contributed by atoms with E-state index in [1.54, 1.807) is 18.9 Å². The van der Waals surface area contributed by atoms with Crippen LogP contribution in [0, 0.1) is 0 Å². The van der Waals surface area contributed by atoms with Gasteiger partial charge in [0.1, 0.15) is 0 Å². The van der Waals surface area contributed by atoms with Crippen LogP contribution in [-0.4, -0.2) is 41.5 Å². The fourth-order valence-electron chi connectivity index (χ4n) is 0.914. The van der Waals surface area contributed by atoms with Crippen LogP contribution >= 0.6 is 11.6 Å². The van der Waals surface area contributed by atoms with Gasteiger partial charge in [-0.05, 0) is 19.8 Å². The summed E-state index contributed by atoms with van der Waals surface area (Å²) >= 11 is 5.47. The molecule has 0 rings (SSSR count). The van der Waals surface area contributed by atoms with Crippen LogP contribution in [0.1, 0.15) is 26.2 Å². The van der Waals surface area contributed by atoms with E-state index < -0.39 is 0 Å². The first-order valence-corrected chi connectivity index (χ1v) is 5.09. The maximum Gasteiger partial charge on any atom is 0.222 e. The van der Waals surface area contributed by atoms with Crippen LogP contribution in [0.2, 0.25) is 0 Å². The summed E-state index contributed by atoms with van der Waals surface area (Å²) in [4.78, 5) is 12.9. The van der Waals surface area contributed by atoms with Crippen LogP contribution in [0.4, 0.5) is 0 Å². The molecule has 0 aromatic carbocycles. The van der Waals surface area contributed by atoms with Crippen molar-refractivity contribution in [2.75, 3.05) is 19.5 Å². The summed E-state index contributed by atoms with van der Waals surface area (Å²) in [7, 11) is 1.75. The van der Waals surface area contributed by atoms with E-state index in [9.17, 15) is 4.79 Å². The van der Waals surface area contributed by atoms with Crippen molar-refractivity contribution in [2.45, 2.75) is 32.3 Å². The van der Waals surface area contributed by atoms with Gasteiger partial charge < -0.3 is 10.0 Å². The number of nitrogens with zero attached hydrogens (tertiary/aromatic N) is 1. The van der Waals surface area contributed by atoms with Gasteiger partial charge >= 0.3 is 0 Å². The van der Waals surface area contributed by atoms with Crippen LogP contribution < -0.4 is 0 Å². The molecule has 78 valence electrons. The zero-order chi connectivity index (χ0) is 10.3. The molecule has 1 N–H and O–H groups in total. The maximum absolute atomic E-state index is 11.3. The lowest BCUT2D eigenvalue weighted by molar-refractivity contribution is -0.130. The van der Waals surface area contributed by atoms with E-state index in [1.807, 2.05) is 0 Å². The lowest BCUT2D eigenvalue weighted by atomic mass is 10.2. The van der Waals surface area contributed by atoms with Crippen molar-refractivity contribution in [3.05, 3.63) is 0 Å². The minimum Gasteiger partial charge on any atom is -0.393 e. The molecule has 3 nitrogen and oxygen atoms in total. The Morgan fingerprint density at radius 1 is 1.62 bits per heavy atom. The molecule has 0 fully saturated rings. The fourth-order valence-corrected chi connectivity index (χ4v) is 1.05. The topological polar surface area (TPSA) is 40.5 Å². The second-order valence-corrected chi connectivity index (χ2v) is 3.62. The minimum absolute atomic E-state index is 0.0984. The van der Waals surface area contributed by atoms with Crippen molar-refractivity contribution in [1.82, 2.24) is 4.90 Å². The van der Waals surface area contributed by atoms with Gasteiger partial charge in [-0.3, -0.25) is 4.79 Å². The van der Waals surface area contributed by atoms with Crippen LogP contribution in [-0.2, 0) is 4.79 Å². The largest absolute Gasteiger partial charge is 0.393 e. The molecule has 0 heterocycles. The lowest BCUT2D eigenvalue weighted by Gasteiger charge is -2.17. The summed E-state index contributed by atoms with van der Waals surface area (Å²) in [5.41, 5.74) is 0. The third-order valence-corrected chi connectivity index (χ3v) is 2.10. The van der Waals surface area contributed by atoms with E-state index in [1.165, 1.54) is 0 Å². The molecular formula is C9H18ClNO2. The first-order valence-electron chi connectivity index (χ1n) is 4.56. The van der Waals surface area contributed by atoms with Gasteiger partial charge in [-0.25, -0.2) is 0 Å². The lowest BCUT2D eigenvalue weighted by Crippen LogP contribution is -2.29. The number of alkyl halides is 1. The third-order valence-electron chi connectivity index (χ3n) is 1.83. The molecule has 1 atom stereocenters. The first-order chi connectivity index (χ1) is 6.07. The van der Waals surface area contributed by atoms with E-state index in [2.05, 4.69) is 0 Å². The Hall–Kier alpha value is -0.280. The van der Waals surface area contributed by atoms with E-state index in [0.717, 1.165) is 6.42 Å². The Morgan fingerprint density at radius 3 is 2.69 bits per heavy atom. The summed E-state index contributed by atoms with van der Waals surface area (Å²) in [6.07, 6.45) is 1.51. The number of carbonyl (C=O) groups is 1. The quantitative estimate of drug-likeness (QED) is 0.666. The smallest absolute Gasteiger partial charge is 0.222 e. The minimum atomic E-state index is -0.344. The molecular weight excluding hydrogens is 190 g/mol. The summed E-state index contributed by atoms with van der Waals surface area (Å²) < 4.78 is 0. The predicted molar refractivity (Wildman–Crippen MR) is 53.9 cm³/mol. The second-order valence-electron chi connectivity index (χ2n) is 3.25. The summed E-state index contributed by atoms with van der Waals surface area (Å²) in [6.45, 7) is 2.33. The van der Waals surface area contributed by atoms with E-state index in [0.29, 0.717) is 25.3 Å². The van der Waals surface area contributed by atoms with Gasteiger partial charge in [-0.15, -0.1) is 11.6 Å². The van der Waals surface area contributed by atoms with Crippen LogP contribution in [0.3, 0.4) is 0 Å². The van der Waals surface area contributed by atoms with Crippen LogP contribution in [0.25, 0.3) is 0 Å². The predicted octanol–water partition coefficient (Wildman–Crippen LogP) is 1.23. The Bertz CT molecular complexity index is 151. The first kappa shape index (κ1) is 12.7. The molecule has 0 saturated heterocycles. The molecule has 0 radical (unpaired) electrons. The van der Waals surface area contributed by atoms with Gasteiger partial charge in [-0.2, -0.15) is 0 Å². The van der Waals surface area contributed by atoms with E-state index in [-0.39, 0.29) is 12.0 Å². The van der Waals surface area contributed by atoms with Gasteiger partial charge in [-0.1, -0.05) is 0 Å². The zero-order valence-electron chi connectivity index (χ0n) is 8.29. The normalized spacial score (nSPS) is 12.6. The number of amides is 1. The Labute approximate surface area is 84.7 Å². The highest BCUT2D eigenvalue weighted by Crippen LogP contribution is 1.99. The zero-order valence-corrected chi connectivity index (χ0v) is 9.05. The molecule has 0 aliphatic heterocycles. The van der Waals surface area contributed by atoms with E-state index in [4.69, 9.17) is 16.7 Å². The molecule has 4 heteroatoms.